The third kappa shape index (κ3) is 2.46. The van der Waals surface area contributed by atoms with E-state index in [0.717, 1.165) is 0 Å². The molecule has 2 rings (SSSR count). The van der Waals surface area contributed by atoms with Gasteiger partial charge in [-0.1, -0.05) is 23.7 Å². The summed E-state index contributed by atoms with van der Waals surface area (Å²) < 4.78 is 5.22. The molecular weight excluding hydrogens is 270 g/mol. The number of nitrogens with zero attached hydrogens (tertiary/aromatic N) is 1. The summed E-state index contributed by atoms with van der Waals surface area (Å²) in [6, 6.07) is 6.69. The quantitative estimate of drug-likeness (QED) is 0.631. The minimum Gasteiger partial charge on any atom is -0.434 e. The van der Waals surface area contributed by atoms with E-state index >= 15 is 0 Å². The topological polar surface area (TPSA) is 69.4 Å². The average molecular weight is 282 g/mol. The van der Waals surface area contributed by atoms with E-state index in [-0.39, 0.29) is 5.78 Å². The Morgan fingerprint density at radius 2 is 2.16 bits per heavy atom. The molecule has 2 unspecified atom stereocenters. The van der Waals surface area contributed by atoms with Crippen LogP contribution in [0.5, 0.6) is 0 Å². The zero-order valence-electron chi connectivity index (χ0n) is 10.4. The molecular formula is C13H12ClNO4. The van der Waals surface area contributed by atoms with Crippen LogP contribution in [0.1, 0.15) is 25.3 Å². The van der Waals surface area contributed by atoms with Gasteiger partial charge in [0.15, 0.2) is 5.78 Å². The molecule has 100 valence electrons. The summed E-state index contributed by atoms with van der Waals surface area (Å²) in [5, 5.41) is 11.6. The Labute approximate surface area is 115 Å². The predicted octanol–water partition coefficient (Wildman–Crippen LogP) is 2.92. The highest BCUT2D eigenvalue weighted by Crippen LogP contribution is 2.40. The minimum absolute atomic E-state index is 0.230. The first kappa shape index (κ1) is 13.5. The van der Waals surface area contributed by atoms with Crippen LogP contribution >= 0.6 is 11.6 Å². The Hall–Kier alpha value is -1.88. The summed E-state index contributed by atoms with van der Waals surface area (Å²) in [6.07, 6.45) is -1.28. The third-order valence-corrected chi connectivity index (χ3v) is 3.30. The first-order chi connectivity index (χ1) is 8.91. The number of hydrogen-bond donors (Lipinski definition) is 0. The van der Waals surface area contributed by atoms with Crippen LogP contribution in [0.15, 0.2) is 35.6 Å². The number of allylic oxidation sites excluding steroid dienone is 1. The van der Waals surface area contributed by atoms with Crippen molar-refractivity contribution >= 4 is 17.4 Å². The zero-order valence-corrected chi connectivity index (χ0v) is 11.2. The Morgan fingerprint density at radius 1 is 1.47 bits per heavy atom. The smallest absolute Gasteiger partial charge is 0.364 e. The van der Waals surface area contributed by atoms with Gasteiger partial charge in [0.1, 0.15) is 11.7 Å². The van der Waals surface area contributed by atoms with Gasteiger partial charge >= 0.3 is 6.23 Å². The van der Waals surface area contributed by atoms with Crippen LogP contribution in [-0.4, -0.2) is 16.9 Å². The number of hydrogen-bond acceptors (Lipinski definition) is 4. The van der Waals surface area contributed by atoms with E-state index in [1.807, 2.05) is 0 Å². The fourth-order valence-corrected chi connectivity index (χ4v) is 2.54. The summed E-state index contributed by atoms with van der Waals surface area (Å²) >= 11 is 5.90. The number of ether oxygens (including phenoxy) is 1. The minimum atomic E-state index is -1.28. The molecule has 5 nitrogen and oxygen atoms in total. The van der Waals surface area contributed by atoms with Gasteiger partial charge < -0.3 is 4.74 Å². The molecule has 0 aliphatic carbocycles. The zero-order chi connectivity index (χ0) is 14.2. The van der Waals surface area contributed by atoms with Crippen molar-refractivity contribution in [3.63, 3.8) is 0 Å². The van der Waals surface area contributed by atoms with Crippen molar-refractivity contribution in [2.75, 3.05) is 0 Å². The number of carbonyl (C=O) groups excluding carboxylic acids is 1. The highest BCUT2D eigenvalue weighted by atomic mass is 35.5. The van der Waals surface area contributed by atoms with Crippen LogP contribution in [0.2, 0.25) is 5.02 Å². The first-order valence-corrected chi connectivity index (χ1v) is 6.07. The molecule has 0 bridgehead atoms. The van der Waals surface area contributed by atoms with Gasteiger partial charge in [-0.15, -0.1) is 0 Å². The van der Waals surface area contributed by atoms with Gasteiger partial charge in [-0.3, -0.25) is 14.9 Å². The van der Waals surface area contributed by atoms with Crippen molar-refractivity contribution in [2.24, 2.45) is 0 Å². The van der Waals surface area contributed by atoms with Crippen molar-refractivity contribution in [3.05, 3.63) is 56.3 Å². The number of rotatable bonds is 3. The SMILES string of the molecule is CC(=O)C1=C(C)OC([N+](=O)[O-])C1c1cccc(Cl)c1. The van der Waals surface area contributed by atoms with Crippen LogP contribution in [0.25, 0.3) is 0 Å². The molecule has 0 fully saturated rings. The second kappa shape index (κ2) is 5.01. The van der Waals surface area contributed by atoms with Gasteiger partial charge in [0.05, 0.1) is 10.5 Å². The molecule has 0 saturated heterocycles. The number of benzene rings is 1. The maximum Gasteiger partial charge on any atom is 0.364 e. The number of nitro groups is 1. The third-order valence-electron chi connectivity index (χ3n) is 3.07. The van der Waals surface area contributed by atoms with Crippen molar-refractivity contribution in [1.29, 1.82) is 0 Å². The van der Waals surface area contributed by atoms with Gasteiger partial charge in [0.2, 0.25) is 0 Å². The number of ketones is 1. The Kier molecular flexibility index (Phi) is 3.57. The van der Waals surface area contributed by atoms with E-state index in [9.17, 15) is 14.9 Å². The van der Waals surface area contributed by atoms with Gasteiger partial charge in [0.25, 0.3) is 0 Å². The molecule has 0 spiro atoms. The highest BCUT2D eigenvalue weighted by Gasteiger charge is 2.46. The summed E-state index contributed by atoms with van der Waals surface area (Å²) in [4.78, 5) is 22.3. The van der Waals surface area contributed by atoms with Gasteiger partial charge in [-0.05, 0) is 31.5 Å². The van der Waals surface area contributed by atoms with Crippen LogP contribution in [0.4, 0.5) is 0 Å². The maximum atomic E-state index is 11.7. The molecule has 0 aromatic heterocycles. The molecule has 2 atom stereocenters. The van der Waals surface area contributed by atoms with Crippen molar-refractivity contribution in [1.82, 2.24) is 0 Å². The maximum absolute atomic E-state index is 11.7. The van der Waals surface area contributed by atoms with E-state index < -0.39 is 17.1 Å². The molecule has 0 N–H and O–H groups in total. The Balaban J connectivity index is 2.53. The Morgan fingerprint density at radius 3 is 2.68 bits per heavy atom. The Bertz CT molecular complexity index is 582. The molecule has 1 heterocycles. The van der Waals surface area contributed by atoms with Gasteiger partial charge in [0, 0.05) is 5.02 Å². The van der Waals surface area contributed by atoms with Gasteiger partial charge in [-0.25, -0.2) is 0 Å². The molecule has 6 heteroatoms. The molecule has 1 aromatic rings. The molecule has 1 aromatic carbocycles. The lowest BCUT2D eigenvalue weighted by atomic mass is 9.88. The lowest BCUT2D eigenvalue weighted by Crippen LogP contribution is -2.27. The highest BCUT2D eigenvalue weighted by molar-refractivity contribution is 6.30. The van der Waals surface area contributed by atoms with Gasteiger partial charge in [-0.2, -0.15) is 0 Å². The summed E-state index contributed by atoms with van der Waals surface area (Å²) in [7, 11) is 0. The summed E-state index contributed by atoms with van der Waals surface area (Å²) in [5.41, 5.74) is 0.945. The predicted molar refractivity (Wildman–Crippen MR) is 69.4 cm³/mol. The number of carbonyl (C=O) groups is 1. The van der Waals surface area contributed by atoms with Crippen LogP contribution in [-0.2, 0) is 9.53 Å². The molecule has 1 aliphatic heterocycles. The van der Waals surface area contributed by atoms with E-state index in [0.29, 0.717) is 21.9 Å². The number of halogens is 1. The molecule has 0 amide bonds. The second-order valence-corrected chi connectivity index (χ2v) is 4.79. The van der Waals surface area contributed by atoms with Crippen molar-refractivity contribution in [2.45, 2.75) is 26.0 Å². The average Bonchev–Trinajstić information content (AvgIpc) is 2.67. The normalized spacial score (nSPS) is 22.3. The van der Waals surface area contributed by atoms with Crippen molar-refractivity contribution in [3.8, 4) is 0 Å². The van der Waals surface area contributed by atoms with E-state index in [1.165, 1.54) is 6.92 Å². The fraction of sp³-hybridized carbons (Fsp3) is 0.308. The first-order valence-electron chi connectivity index (χ1n) is 5.69. The van der Waals surface area contributed by atoms with Crippen LogP contribution in [0, 0.1) is 10.1 Å². The summed E-state index contributed by atoms with van der Waals surface area (Å²) in [6.45, 7) is 2.94. The standard InChI is InChI=1S/C13H12ClNO4/c1-7(16)11-8(2)19-13(15(17)18)12(11)9-4-3-5-10(14)6-9/h3-6,12-13H,1-2H3. The van der Waals surface area contributed by atoms with Crippen molar-refractivity contribution < 1.29 is 14.5 Å². The van der Waals surface area contributed by atoms with E-state index in [2.05, 4.69) is 0 Å². The molecule has 0 radical (unpaired) electrons. The second-order valence-electron chi connectivity index (χ2n) is 4.35. The van der Waals surface area contributed by atoms with Crippen LogP contribution < -0.4 is 0 Å². The lowest BCUT2D eigenvalue weighted by Gasteiger charge is -2.14. The van der Waals surface area contributed by atoms with E-state index in [4.69, 9.17) is 16.3 Å². The summed E-state index contributed by atoms with van der Waals surface area (Å²) in [5.74, 6) is -0.641. The number of Topliss-reactive ketones (excluding diaryl/α,β-unsaturated/α-hetero) is 1. The molecule has 1 aliphatic rings. The van der Waals surface area contributed by atoms with E-state index in [1.54, 1.807) is 31.2 Å². The largest absolute Gasteiger partial charge is 0.434 e. The molecule has 19 heavy (non-hydrogen) atoms. The lowest BCUT2D eigenvalue weighted by molar-refractivity contribution is -0.570. The van der Waals surface area contributed by atoms with Crippen LogP contribution in [0.3, 0.4) is 0 Å². The monoisotopic (exact) mass is 281 g/mol. The molecule has 0 saturated carbocycles. The fourth-order valence-electron chi connectivity index (χ4n) is 2.34.